The third-order valence-corrected chi connectivity index (χ3v) is 8.84. The van der Waals surface area contributed by atoms with Crippen molar-refractivity contribution >= 4 is 11.8 Å². The van der Waals surface area contributed by atoms with E-state index in [1.807, 2.05) is 0 Å². The van der Waals surface area contributed by atoms with Gasteiger partial charge in [0.15, 0.2) is 6.10 Å². The third kappa shape index (κ3) is 3.73. The van der Waals surface area contributed by atoms with Gasteiger partial charge in [-0.1, -0.05) is 12.5 Å². The number of hydrogen-bond acceptors (Lipinski definition) is 5. The second kappa shape index (κ2) is 9.08. The van der Waals surface area contributed by atoms with E-state index in [0.29, 0.717) is 43.0 Å². The molecule has 7 nitrogen and oxygen atoms in total. The molecule has 1 fully saturated rings. The first kappa shape index (κ1) is 23.8. The number of carboxylic acid groups (broad SMARTS) is 1. The van der Waals surface area contributed by atoms with Gasteiger partial charge in [-0.05, 0) is 68.4 Å². The first-order chi connectivity index (χ1) is 17.4. The van der Waals surface area contributed by atoms with E-state index >= 15 is 0 Å². The molecule has 2 N–H and O–H groups in total. The van der Waals surface area contributed by atoms with Crippen molar-refractivity contribution in [2.45, 2.75) is 69.7 Å². The van der Waals surface area contributed by atoms with E-state index < -0.39 is 23.4 Å². The number of quaternary nitrogens is 1. The van der Waals surface area contributed by atoms with Gasteiger partial charge in [-0.25, -0.2) is 14.2 Å². The zero-order valence-corrected chi connectivity index (χ0v) is 20.9. The highest BCUT2D eigenvalue weighted by molar-refractivity contribution is 5.77. The Kier molecular flexibility index (Phi) is 6.01. The van der Waals surface area contributed by atoms with E-state index in [0.717, 1.165) is 61.3 Å². The van der Waals surface area contributed by atoms with Crippen molar-refractivity contribution in [1.29, 1.82) is 0 Å². The standard InChI is InChI=1S/C28H34FN3O4/c1-28-17-35-16-19-12-20(29)13-23(24(19)28)25(27(33)34)32(28)14-22(15-32)36-11-4-2-3-7-21-9-8-18-6-5-10-30-26(18)31-21/h8-9,12-13,22,25H,2-7,10-11,14-17H2,1H3,(H-,30,31,33,34)/p+1. The number of aliphatic carboxylic acids is 1. The average molecular weight is 497 g/mol. The van der Waals surface area contributed by atoms with Gasteiger partial charge in [-0.3, -0.25) is 4.48 Å². The number of aromatic nitrogens is 1. The maximum Gasteiger partial charge on any atom is 0.367 e. The van der Waals surface area contributed by atoms with Gasteiger partial charge in [-0.2, -0.15) is 0 Å². The minimum atomic E-state index is -0.900. The number of nitrogens with one attached hydrogen (secondary N) is 1. The van der Waals surface area contributed by atoms with Crippen LogP contribution in [-0.2, 0) is 39.3 Å². The summed E-state index contributed by atoms with van der Waals surface area (Å²) in [7, 11) is 0. The summed E-state index contributed by atoms with van der Waals surface area (Å²) in [6.45, 7) is 5.75. The fourth-order valence-electron chi connectivity index (χ4n) is 7.09. The van der Waals surface area contributed by atoms with Crippen molar-refractivity contribution in [2.75, 3.05) is 38.2 Å². The van der Waals surface area contributed by atoms with Crippen molar-refractivity contribution < 1.29 is 28.2 Å². The maximum atomic E-state index is 14.3. The number of carbonyl (C=O) groups is 1. The summed E-state index contributed by atoms with van der Waals surface area (Å²) in [4.78, 5) is 17.2. The molecule has 0 saturated carbocycles. The summed E-state index contributed by atoms with van der Waals surface area (Å²) < 4.78 is 26.7. The Morgan fingerprint density at radius 2 is 2.14 bits per heavy atom. The Morgan fingerprint density at radius 1 is 1.28 bits per heavy atom. The van der Waals surface area contributed by atoms with Crippen LogP contribution in [0.3, 0.4) is 0 Å². The van der Waals surface area contributed by atoms with Crippen molar-refractivity contribution in [3.8, 4) is 0 Å². The third-order valence-electron chi connectivity index (χ3n) is 8.84. The van der Waals surface area contributed by atoms with Crippen LogP contribution in [0.5, 0.6) is 0 Å². The van der Waals surface area contributed by atoms with E-state index in [1.165, 1.54) is 24.1 Å². The van der Waals surface area contributed by atoms with Gasteiger partial charge in [0.2, 0.25) is 6.04 Å². The van der Waals surface area contributed by atoms with Crippen LogP contribution in [0, 0.1) is 5.82 Å². The molecule has 4 aliphatic heterocycles. The Hall–Kier alpha value is -2.55. The number of aryl methyl sites for hydroxylation is 2. The molecule has 2 atom stereocenters. The summed E-state index contributed by atoms with van der Waals surface area (Å²) in [5, 5.41) is 13.6. The summed E-state index contributed by atoms with van der Waals surface area (Å²) in [6.07, 6.45) is 6.37. The highest BCUT2D eigenvalue weighted by Gasteiger charge is 2.70. The fraction of sp³-hybridized carbons (Fsp3) is 0.571. The molecule has 1 aromatic carbocycles. The Morgan fingerprint density at radius 3 is 2.97 bits per heavy atom. The van der Waals surface area contributed by atoms with Gasteiger partial charge in [0.05, 0.1) is 6.61 Å². The highest BCUT2D eigenvalue weighted by atomic mass is 19.1. The lowest BCUT2D eigenvalue weighted by molar-refractivity contribution is -1.03. The topological polar surface area (TPSA) is 80.7 Å². The molecule has 8 heteroatoms. The Balaban J connectivity index is 1.03. The van der Waals surface area contributed by atoms with Gasteiger partial charge in [-0.15, -0.1) is 0 Å². The molecule has 2 aromatic rings. The molecule has 192 valence electrons. The number of hydrogen-bond donors (Lipinski definition) is 2. The molecule has 1 aromatic heterocycles. The molecule has 1 saturated heterocycles. The van der Waals surface area contributed by atoms with Crippen LogP contribution in [0.1, 0.15) is 66.6 Å². The zero-order chi connectivity index (χ0) is 24.9. The Bertz CT molecular complexity index is 1180. The van der Waals surface area contributed by atoms with Crippen LogP contribution < -0.4 is 5.32 Å². The van der Waals surface area contributed by atoms with Crippen LogP contribution >= 0.6 is 0 Å². The van der Waals surface area contributed by atoms with Gasteiger partial charge in [0.25, 0.3) is 0 Å². The number of fused-ring (bicyclic) bond motifs is 2. The number of nitrogens with zero attached hydrogens (tertiary/aromatic N) is 2. The van der Waals surface area contributed by atoms with Crippen LogP contribution in [-0.4, -0.2) is 59.5 Å². The number of anilines is 1. The van der Waals surface area contributed by atoms with Crippen molar-refractivity contribution in [3.63, 3.8) is 0 Å². The van der Waals surface area contributed by atoms with Crippen LogP contribution in [0.25, 0.3) is 0 Å². The number of rotatable bonds is 8. The highest BCUT2D eigenvalue weighted by Crippen LogP contribution is 2.59. The molecule has 0 aliphatic carbocycles. The van der Waals surface area contributed by atoms with E-state index in [-0.39, 0.29) is 6.10 Å². The number of benzene rings is 1. The quantitative estimate of drug-likeness (QED) is 0.423. The van der Waals surface area contributed by atoms with Crippen LogP contribution in [0.2, 0.25) is 0 Å². The van der Waals surface area contributed by atoms with Crippen LogP contribution in [0.4, 0.5) is 10.2 Å². The zero-order valence-electron chi connectivity index (χ0n) is 20.9. The molecule has 4 aliphatic rings. The number of halogens is 1. The van der Waals surface area contributed by atoms with Crippen molar-refractivity contribution in [2.24, 2.45) is 0 Å². The van der Waals surface area contributed by atoms with Crippen molar-refractivity contribution in [1.82, 2.24) is 4.98 Å². The summed E-state index contributed by atoms with van der Waals surface area (Å²) >= 11 is 0. The molecule has 0 bridgehead atoms. The minimum absolute atomic E-state index is 0.0154. The molecule has 5 heterocycles. The SMILES string of the molecule is CC12COCc3cc(F)cc(c31)C(C(=O)O)[N+]21CC(OCCCCCc2ccc3c(n2)NCCC3)C1. The second-order valence-corrected chi connectivity index (χ2v) is 11.1. The number of ether oxygens (including phenoxy) is 2. The summed E-state index contributed by atoms with van der Waals surface area (Å²) in [5.74, 6) is -0.235. The molecule has 1 spiro atoms. The first-order valence-electron chi connectivity index (χ1n) is 13.3. The lowest BCUT2D eigenvalue weighted by Crippen LogP contribution is -2.75. The van der Waals surface area contributed by atoms with E-state index in [4.69, 9.17) is 14.5 Å². The summed E-state index contributed by atoms with van der Waals surface area (Å²) in [6, 6.07) is 6.51. The maximum absolute atomic E-state index is 14.3. The normalized spacial score (nSPS) is 29.8. The Labute approximate surface area is 211 Å². The number of unbranched alkanes of at least 4 members (excludes halogenated alkanes) is 2. The van der Waals surface area contributed by atoms with Crippen LogP contribution in [0.15, 0.2) is 24.3 Å². The molecule has 0 radical (unpaired) electrons. The number of carboxylic acids is 1. The summed E-state index contributed by atoms with van der Waals surface area (Å²) in [5.41, 5.74) is 4.35. The second-order valence-electron chi connectivity index (χ2n) is 11.1. The predicted molar refractivity (Wildman–Crippen MR) is 132 cm³/mol. The largest absolute Gasteiger partial charge is 0.477 e. The molecule has 2 unspecified atom stereocenters. The van der Waals surface area contributed by atoms with Gasteiger partial charge in [0, 0.05) is 30.0 Å². The molecule has 36 heavy (non-hydrogen) atoms. The number of pyridine rings is 1. The molecular formula is C28H35FN3O4+. The fourth-order valence-corrected chi connectivity index (χ4v) is 7.09. The first-order valence-corrected chi connectivity index (χ1v) is 13.3. The smallest absolute Gasteiger partial charge is 0.367 e. The lowest BCUT2D eigenvalue weighted by atomic mass is 9.83. The van der Waals surface area contributed by atoms with E-state index in [1.54, 1.807) is 0 Å². The van der Waals surface area contributed by atoms with E-state index in [9.17, 15) is 14.3 Å². The van der Waals surface area contributed by atoms with Gasteiger partial charge in [0.1, 0.15) is 36.9 Å². The van der Waals surface area contributed by atoms with Gasteiger partial charge >= 0.3 is 5.97 Å². The average Bonchev–Trinajstić information content (AvgIpc) is 3.06. The molecule has 0 amide bonds. The lowest BCUT2D eigenvalue weighted by Gasteiger charge is -2.58. The molecule has 6 rings (SSSR count). The minimum Gasteiger partial charge on any atom is -0.477 e. The van der Waals surface area contributed by atoms with Crippen molar-refractivity contribution in [3.05, 3.63) is 58.0 Å². The van der Waals surface area contributed by atoms with E-state index in [2.05, 4.69) is 24.4 Å². The molecular weight excluding hydrogens is 461 g/mol. The van der Waals surface area contributed by atoms with Gasteiger partial charge < -0.3 is 19.9 Å². The monoisotopic (exact) mass is 496 g/mol. The predicted octanol–water partition coefficient (Wildman–Crippen LogP) is 4.09.